The van der Waals surface area contributed by atoms with E-state index in [0.717, 1.165) is 11.5 Å². The molecule has 0 aliphatic carbocycles. The van der Waals surface area contributed by atoms with Crippen molar-refractivity contribution in [1.29, 1.82) is 0 Å². The van der Waals surface area contributed by atoms with E-state index in [1.165, 1.54) is 0 Å². The monoisotopic (exact) mass is 188 g/mol. The molecule has 0 amide bonds. The van der Waals surface area contributed by atoms with Crippen molar-refractivity contribution in [2.24, 2.45) is 5.73 Å². The molecule has 1 aromatic heterocycles. The third-order valence-electron chi connectivity index (χ3n) is 2.02. The van der Waals surface area contributed by atoms with Crippen LogP contribution in [-0.4, -0.2) is 14.8 Å². The molecule has 2 aromatic rings. The topological polar surface area (TPSA) is 56.7 Å². The summed E-state index contributed by atoms with van der Waals surface area (Å²) in [7, 11) is 0. The lowest BCUT2D eigenvalue weighted by Crippen LogP contribution is -2.12. The smallest absolute Gasteiger partial charge is 0.154 e. The zero-order chi connectivity index (χ0) is 9.97. The molecule has 4 heteroatoms. The van der Waals surface area contributed by atoms with Crippen molar-refractivity contribution < 1.29 is 0 Å². The van der Waals surface area contributed by atoms with Crippen molar-refractivity contribution in [1.82, 2.24) is 14.8 Å². The number of benzene rings is 1. The second kappa shape index (κ2) is 3.59. The number of rotatable bonds is 2. The lowest BCUT2D eigenvalue weighted by Gasteiger charge is -2.07. The highest BCUT2D eigenvalue weighted by molar-refractivity contribution is 5.32. The molecular formula is C10H12N4. The van der Waals surface area contributed by atoms with Crippen molar-refractivity contribution in [3.8, 4) is 5.69 Å². The van der Waals surface area contributed by atoms with Gasteiger partial charge in [0.1, 0.15) is 6.33 Å². The van der Waals surface area contributed by atoms with Gasteiger partial charge in [0.2, 0.25) is 0 Å². The molecule has 0 saturated heterocycles. The summed E-state index contributed by atoms with van der Waals surface area (Å²) >= 11 is 0. The van der Waals surface area contributed by atoms with Gasteiger partial charge in [-0.1, -0.05) is 18.2 Å². The van der Waals surface area contributed by atoms with Crippen molar-refractivity contribution in [3.63, 3.8) is 0 Å². The van der Waals surface area contributed by atoms with E-state index >= 15 is 0 Å². The van der Waals surface area contributed by atoms with Crippen LogP contribution in [0.25, 0.3) is 5.69 Å². The molecule has 0 fully saturated rings. The predicted octanol–water partition coefficient (Wildman–Crippen LogP) is 1.29. The van der Waals surface area contributed by atoms with Crippen molar-refractivity contribution >= 4 is 0 Å². The molecule has 1 aromatic carbocycles. The van der Waals surface area contributed by atoms with Crippen LogP contribution in [0.1, 0.15) is 18.8 Å². The van der Waals surface area contributed by atoms with E-state index in [2.05, 4.69) is 10.2 Å². The Bertz CT molecular complexity index is 405. The third kappa shape index (κ3) is 1.52. The standard InChI is InChI=1S/C10H12N4/c1-8(11)10-13-12-7-14(10)9-5-3-2-4-6-9/h2-8H,11H2,1H3/t8-/m0/s1. The van der Waals surface area contributed by atoms with Gasteiger partial charge in [-0.05, 0) is 19.1 Å². The first-order valence-corrected chi connectivity index (χ1v) is 4.50. The van der Waals surface area contributed by atoms with Crippen LogP contribution in [0, 0.1) is 0 Å². The number of hydrogen-bond acceptors (Lipinski definition) is 3. The van der Waals surface area contributed by atoms with E-state index in [0.29, 0.717) is 0 Å². The Hall–Kier alpha value is -1.68. The summed E-state index contributed by atoms with van der Waals surface area (Å²) < 4.78 is 1.89. The molecule has 2 rings (SSSR count). The fraction of sp³-hybridized carbons (Fsp3) is 0.200. The second-order valence-corrected chi connectivity index (χ2v) is 3.18. The Morgan fingerprint density at radius 1 is 1.29 bits per heavy atom. The van der Waals surface area contributed by atoms with Crippen LogP contribution >= 0.6 is 0 Å². The maximum atomic E-state index is 5.77. The maximum Gasteiger partial charge on any atom is 0.154 e. The van der Waals surface area contributed by atoms with E-state index in [4.69, 9.17) is 5.73 Å². The van der Waals surface area contributed by atoms with Gasteiger partial charge in [-0.25, -0.2) is 0 Å². The SMILES string of the molecule is C[C@H](N)c1nncn1-c1ccccc1. The first-order chi connectivity index (χ1) is 6.79. The van der Waals surface area contributed by atoms with Gasteiger partial charge in [-0.2, -0.15) is 0 Å². The minimum absolute atomic E-state index is 0.113. The summed E-state index contributed by atoms with van der Waals surface area (Å²) in [4.78, 5) is 0. The fourth-order valence-electron chi connectivity index (χ4n) is 1.34. The Morgan fingerprint density at radius 3 is 2.64 bits per heavy atom. The molecule has 0 bridgehead atoms. The van der Waals surface area contributed by atoms with E-state index in [1.807, 2.05) is 41.8 Å². The average molecular weight is 188 g/mol. The normalized spacial score (nSPS) is 12.7. The minimum atomic E-state index is -0.113. The van der Waals surface area contributed by atoms with Crippen LogP contribution < -0.4 is 5.73 Å². The van der Waals surface area contributed by atoms with E-state index in [9.17, 15) is 0 Å². The predicted molar refractivity (Wildman–Crippen MR) is 54.0 cm³/mol. The zero-order valence-electron chi connectivity index (χ0n) is 7.96. The van der Waals surface area contributed by atoms with Gasteiger partial charge >= 0.3 is 0 Å². The molecule has 0 saturated carbocycles. The summed E-state index contributed by atoms with van der Waals surface area (Å²) in [6.45, 7) is 1.89. The molecule has 0 spiro atoms. The molecular weight excluding hydrogens is 176 g/mol. The minimum Gasteiger partial charge on any atom is -0.322 e. The van der Waals surface area contributed by atoms with Gasteiger partial charge in [-0.15, -0.1) is 10.2 Å². The number of para-hydroxylation sites is 1. The quantitative estimate of drug-likeness (QED) is 0.772. The van der Waals surface area contributed by atoms with Crippen LogP contribution in [0.3, 0.4) is 0 Å². The molecule has 0 aliphatic heterocycles. The third-order valence-corrected chi connectivity index (χ3v) is 2.02. The van der Waals surface area contributed by atoms with Crippen LogP contribution in [0.2, 0.25) is 0 Å². The maximum absolute atomic E-state index is 5.77. The molecule has 1 heterocycles. The molecule has 72 valence electrons. The van der Waals surface area contributed by atoms with Gasteiger partial charge in [0.05, 0.1) is 6.04 Å². The number of nitrogens with two attached hydrogens (primary N) is 1. The van der Waals surface area contributed by atoms with Crippen LogP contribution in [0.4, 0.5) is 0 Å². The average Bonchev–Trinajstić information content (AvgIpc) is 2.67. The van der Waals surface area contributed by atoms with Crippen LogP contribution in [0.5, 0.6) is 0 Å². The van der Waals surface area contributed by atoms with E-state index < -0.39 is 0 Å². The van der Waals surface area contributed by atoms with Crippen molar-refractivity contribution in [2.45, 2.75) is 13.0 Å². The van der Waals surface area contributed by atoms with Gasteiger partial charge in [0.15, 0.2) is 5.82 Å². The second-order valence-electron chi connectivity index (χ2n) is 3.18. The lowest BCUT2D eigenvalue weighted by atomic mass is 10.3. The highest BCUT2D eigenvalue weighted by Crippen LogP contribution is 2.12. The van der Waals surface area contributed by atoms with Gasteiger partial charge in [0.25, 0.3) is 0 Å². The Balaban J connectivity index is 2.47. The molecule has 4 nitrogen and oxygen atoms in total. The van der Waals surface area contributed by atoms with E-state index in [-0.39, 0.29) is 6.04 Å². The van der Waals surface area contributed by atoms with Crippen LogP contribution in [0.15, 0.2) is 36.7 Å². The highest BCUT2D eigenvalue weighted by Gasteiger charge is 2.09. The van der Waals surface area contributed by atoms with Gasteiger partial charge < -0.3 is 5.73 Å². The Morgan fingerprint density at radius 2 is 2.00 bits per heavy atom. The van der Waals surface area contributed by atoms with Gasteiger partial charge in [0, 0.05) is 5.69 Å². The number of nitrogens with zero attached hydrogens (tertiary/aromatic N) is 3. The zero-order valence-corrected chi connectivity index (χ0v) is 7.96. The molecule has 1 atom stereocenters. The molecule has 2 N–H and O–H groups in total. The lowest BCUT2D eigenvalue weighted by molar-refractivity contribution is 0.715. The summed E-state index contributed by atoms with van der Waals surface area (Å²) in [6, 6.07) is 9.79. The molecule has 0 unspecified atom stereocenters. The Labute approximate surface area is 82.4 Å². The summed E-state index contributed by atoms with van der Waals surface area (Å²) in [5.74, 6) is 0.774. The number of aromatic nitrogens is 3. The molecule has 14 heavy (non-hydrogen) atoms. The molecule has 0 aliphatic rings. The first kappa shape index (κ1) is 8.90. The Kier molecular flexibility index (Phi) is 2.28. The fourth-order valence-corrected chi connectivity index (χ4v) is 1.34. The van der Waals surface area contributed by atoms with E-state index in [1.54, 1.807) is 6.33 Å². The van der Waals surface area contributed by atoms with Crippen LogP contribution in [-0.2, 0) is 0 Å². The summed E-state index contributed by atoms with van der Waals surface area (Å²) in [5.41, 5.74) is 6.81. The largest absolute Gasteiger partial charge is 0.322 e. The highest BCUT2D eigenvalue weighted by atomic mass is 15.3. The van der Waals surface area contributed by atoms with Gasteiger partial charge in [-0.3, -0.25) is 4.57 Å². The summed E-state index contributed by atoms with van der Waals surface area (Å²) in [6.07, 6.45) is 1.67. The summed E-state index contributed by atoms with van der Waals surface area (Å²) in [5, 5.41) is 7.83. The molecule has 0 radical (unpaired) electrons. The number of hydrogen-bond donors (Lipinski definition) is 1. The van der Waals surface area contributed by atoms with Crippen molar-refractivity contribution in [3.05, 3.63) is 42.5 Å². The first-order valence-electron chi connectivity index (χ1n) is 4.50. The van der Waals surface area contributed by atoms with Crippen molar-refractivity contribution in [2.75, 3.05) is 0 Å².